The van der Waals surface area contributed by atoms with E-state index < -0.39 is 0 Å². The Morgan fingerprint density at radius 2 is 2.18 bits per heavy atom. The average molecular weight is 299 g/mol. The van der Waals surface area contributed by atoms with Crippen molar-refractivity contribution in [2.75, 3.05) is 12.3 Å². The maximum Gasteiger partial charge on any atom is 0.236 e. The summed E-state index contributed by atoms with van der Waals surface area (Å²) in [5, 5.41) is 11.7. The van der Waals surface area contributed by atoms with E-state index in [2.05, 4.69) is 32.4 Å². The SMILES string of the molecule is CC[NH2+]c1c2c(nc(N)n3nc(-c4ccco4)nc23)nn1C. The van der Waals surface area contributed by atoms with E-state index in [4.69, 9.17) is 10.2 Å². The number of fused-ring (bicyclic) bond motifs is 3. The number of aromatic nitrogens is 6. The van der Waals surface area contributed by atoms with Crippen LogP contribution in [0.1, 0.15) is 6.92 Å². The molecule has 4 heterocycles. The topological polar surface area (TPSA) is 117 Å². The number of furan rings is 1. The van der Waals surface area contributed by atoms with Gasteiger partial charge in [0.15, 0.2) is 17.1 Å². The molecule has 22 heavy (non-hydrogen) atoms. The summed E-state index contributed by atoms with van der Waals surface area (Å²) in [6.07, 6.45) is 1.58. The van der Waals surface area contributed by atoms with E-state index in [1.807, 2.05) is 7.05 Å². The fraction of sp³-hybridized carbons (Fsp3) is 0.231. The number of rotatable bonds is 3. The molecule has 0 radical (unpaired) electrons. The van der Waals surface area contributed by atoms with Crippen molar-refractivity contribution in [1.82, 2.24) is 29.4 Å². The zero-order valence-corrected chi connectivity index (χ0v) is 12.2. The molecule has 0 spiro atoms. The summed E-state index contributed by atoms with van der Waals surface area (Å²) >= 11 is 0. The van der Waals surface area contributed by atoms with Crippen molar-refractivity contribution in [3.63, 3.8) is 0 Å². The van der Waals surface area contributed by atoms with Crippen molar-refractivity contribution < 1.29 is 9.73 Å². The van der Waals surface area contributed by atoms with Gasteiger partial charge in [0.05, 0.1) is 12.8 Å². The van der Waals surface area contributed by atoms with Crippen LogP contribution in [0.4, 0.5) is 11.8 Å². The van der Waals surface area contributed by atoms with Crippen LogP contribution in [-0.2, 0) is 7.05 Å². The Morgan fingerprint density at radius 3 is 2.91 bits per heavy atom. The van der Waals surface area contributed by atoms with Crippen molar-refractivity contribution in [1.29, 1.82) is 0 Å². The van der Waals surface area contributed by atoms with E-state index in [1.54, 1.807) is 23.1 Å². The number of hydrogen-bond donors (Lipinski definition) is 2. The fourth-order valence-electron chi connectivity index (χ4n) is 2.54. The Balaban J connectivity index is 2.08. The molecule has 0 bridgehead atoms. The van der Waals surface area contributed by atoms with E-state index in [-0.39, 0.29) is 5.95 Å². The maximum absolute atomic E-state index is 5.98. The Bertz CT molecular complexity index is 965. The zero-order valence-electron chi connectivity index (χ0n) is 12.2. The molecule has 4 aromatic heterocycles. The van der Waals surface area contributed by atoms with Crippen LogP contribution in [0, 0.1) is 0 Å². The van der Waals surface area contributed by atoms with Crippen LogP contribution in [0.3, 0.4) is 0 Å². The van der Waals surface area contributed by atoms with Gasteiger partial charge in [-0.2, -0.15) is 9.50 Å². The maximum atomic E-state index is 5.98. The summed E-state index contributed by atoms with van der Waals surface area (Å²) in [5.41, 5.74) is 7.17. The Labute approximate surface area is 124 Å². The number of hydrogen-bond acceptors (Lipinski definition) is 6. The second-order valence-electron chi connectivity index (χ2n) is 4.94. The van der Waals surface area contributed by atoms with Gasteiger partial charge in [-0.15, -0.1) is 10.2 Å². The highest BCUT2D eigenvalue weighted by Gasteiger charge is 2.22. The van der Waals surface area contributed by atoms with Crippen LogP contribution >= 0.6 is 0 Å². The summed E-state index contributed by atoms with van der Waals surface area (Å²) in [5.74, 6) is 2.25. The normalized spacial score (nSPS) is 11.7. The number of quaternary nitrogens is 1. The van der Waals surface area contributed by atoms with Gasteiger partial charge in [0.25, 0.3) is 0 Å². The lowest BCUT2D eigenvalue weighted by Gasteiger charge is -1.99. The minimum absolute atomic E-state index is 0.244. The van der Waals surface area contributed by atoms with Gasteiger partial charge in [-0.1, -0.05) is 0 Å². The highest BCUT2D eigenvalue weighted by molar-refractivity contribution is 5.97. The molecule has 4 N–H and O–H groups in total. The predicted octanol–water partition coefficient (Wildman–Crippen LogP) is 0.0680. The third-order valence-corrected chi connectivity index (χ3v) is 3.48. The Morgan fingerprint density at radius 1 is 1.32 bits per heavy atom. The number of nitrogen functional groups attached to an aromatic ring is 1. The van der Waals surface area contributed by atoms with Crippen LogP contribution in [0.2, 0.25) is 0 Å². The average Bonchev–Trinajstić information content (AvgIpc) is 3.18. The van der Waals surface area contributed by atoms with E-state index in [0.717, 1.165) is 17.7 Å². The van der Waals surface area contributed by atoms with Crippen LogP contribution in [-0.4, -0.2) is 35.9 Å². The van der Waals surface area contributed by atoms with Gasteiger partial charge in [0.2, 0.25) is 17.6 Å². The fourth-order valence-corrected chi connectivity index (χ4v) is 2.54. The second kappa shape index (κ2) is 4.53. The lowest BCUT2D eigenvalue weighted by molar-refractivity contribution is -0.571. The smallest absolute Gasteiger partial charge is 0.236 e. The molecule has 0 saturated carbocycles. The van der Waals surface area contributed by atoms with Crippen LogP contribution < -0.4 is 11.1 Å². The first-order valence-electron chi connectivity index (χ1n) is 6.95. The van der Waals surface area contributed by atoms with Gasteiger partial charge >= 0.3 is 0 Å². The van der Waals surface area contributed by atoms with E-state index in [1.165, 1.54) is 4.52 Å². The molecule has 0 atom stereocenters. The van der Waals surface area contributed by atoms with Gasteiger partial charge in [-0.25, -0.2) is 9.67 Å². The molecule has 112 valence electrons. The quantitative estimate of drug-likeness (QED) is 0.553. The van der Waals surface area contributed by atoms with Crippen LogP contribution in [0.5, 0.6) is 0 Å². The third-order valence-electron chi connectivity index (χ3n) is 3.48. The molecule has 9 nitrogen and oxygen atoms in total. The van der Waals surface area contributed by atoms with E-state index in [9.17, 15) is 0 Å². The molecule has 4 rings (SSSR count). The highest BCUT2D eigenvalue weighted by atomic mass is 16.3. The standard InChI is InChI=1S/C13H14N8O/c1-3-15-11-8-10(18-20(11)2)17-13(14)21-12(8)16-9(19-21)7-5-4-6-22-7/h4-6,15H,3H2,1-2H3,(H2,14,17,18)/p+1. The van der Waals surface area contributed by atoms with Gasteiger partial charge in [0, 0.05) is 7.05 Å². The number of nitrogens with two attached hydrogens (primary N) is 2. The molecule has 0 fully saturated rings. The number of anilines is 1. The monoisotopic (exact) mass is 299 g/mol. The molecule has 9 heteroatoms. The van der Waals surface area contributed by atoms with Crippen molar-refractivity contribution in [3.8, 4) is 11.6 Å². The summed E-state index contributed by atoms with van der Waals surface area (Å²) < 4.78 is 8.66. The van der Waals surface area contributed by atoms with Crippen LogP contribution in [0.15, 0.2) is 22.8 Å². The first kappa shape index (κ1) is 12.8. The largest absolute Gasteiger partial charge is 0.461 e. The number of aryl methyl sites for hydroxylation is 1. The Hall–Kier alpha value is -2.94. The van der Waals surface area contributed by atoms with Gasteiger partial charge in [-0.05, 0) is 19.1 Å². The molecular formula is C13H15N8O+. The molecule has 0 aliphatic rings. The summed E-state index contributed by atoms with van der Waals surface area (Å²) in [6.45, 7) is 2.95. The number of nitrogens with zero attached hydrogens (tertiary/aromatic N) is 6. The summed E-state index contributed by atoms with van der Waals surface area (Å²) in [4.78, 5) is 8.88. The lowest BCUT2D eigenvalue weighted by atomic mass is 10.3. The van der Waals surface area contributed by atoms with Gasteiger partial charge in [-0.3, -0.25) is 5.32 Å². The Kier molecular flexibility index (Phi) is 2.63. The zero-order chi connectivity index (χ0) is 15.3. The molecule has 0 aliphatic carbocycles. The van der Waals surface area contributed by atoms with Gasteiger partial charge in [0.1, 0.15) is 5.39 Å². The molecule has 0 aliphatic heterocycles. The molecule has 0 amide bonds. The predicted molar refractivity (Wildman–Crippen MR) is 79.3 cm³/mol. The van der Waals surface area contributed by atoms with Crippen molar-refractivity contribution >= 4 is 28.4 Å². The lowest BCUT2D eigenvalue weighted by Crippen LogP contribution is -2.78. The molecule has 0 aromatic carbocycles. The third kappa shape index (κ3) is 1.69. The second-order valence-corrected chi connectivity index (χ2v) is 4.94. The summed E-state index contributed by atoms with van der Waals surface area (Å²) in [6, 6.07) is 3.59. The molecule has 0 saturated heterocycles. The van der Waals surface area contributed by atoms with Crippen molar-refractivity contribution in [2.45, 2.75) is 6.92 Å². The first-order valence-corrected chi connectivity index (χ1v) is 6.95. The molecule has 4 aromatic rings. The van der Waals surface area contributed by atoms with Crippen LogP contribution in [0.25, 0.3) is 28.3 Å². The molecule has 0 unspecified atom stereocenters. The van der Waals surface area contributed by atoms with Gasteiger partial charge < -0.3 is 10.2 Å². The first-order chi connectivity index (χ1) is 10.7. The molecular weight excluding hydrogens is 284 g/mol. The van der Waals surface area contributed by atoms with E-state index in [0.29, 0.717) is 22.9 Å². The van der Waals surface area contributed by atoms with Crippen molar-refractivity contribution in [3.05, 3.63) is 18.4 Å². The van der Waals surface area contributed by atoms with E-state index >= 15 is 0 Å². The summed E-state index contributed by atoms with van der Waals surface area (Å²) in [7, 11) is 1.87. The minimum Gasteiger partial charge on any atom is -0.461 e. The minimum atomic E-state index is 0.244. The highest BCUT2D eigenvalue weighted by Crippen LogP contribution is 2.26. The van der Waals surface area contributed by atoms with Crippen molar-refractivity contribution in [2.24, 2.45) is 7.05 Å².